The van der Waals surface area contributed by atoms with Gasteiger partial charge in [-0.25, -0.2) is 5.48 Å². The van der Waals surface area contributed by atoms with Crippen LogP contribution in [0.2, 0.25) is 0 Å². The maximum atomic E-state index is 10.4. The van der Waals surface area contributed by atoms with Gasteiger partial charge in [-0.3, -0.25) is 10.0 Å². The Morgan fingerprint density at radius 2 is 2.56 bits per heavy atom. The quantitative estimate of drug-likeness (QED) is 0.424. The summed E-state index contributed by atoms with van der Waals surface area (Å²) in [6.07, 6.45) is 1.35. The van der Waals surface area contributed by atoms with Crippen molar-refractivity contribution in [3.63, 3.8) is 0 Å². The molecule has 0 bridgehead atoms. The van der Waals surface area contributed by atoms with Crippen molar-refractivity contribution in [1.82, 2.24) is 5.48 Å². The maximum absolute atomic E-state index is 10.4. The number of carbonyl (C=O) groups is 1. The average Bonchev–Trinajstić information content (AvgIpc) is 2.37. The van der Waals surface area contributed by atoms with Gasteiger partial charge in [-0.2, -0.15) is 0 Å². The number of furan rings is 1. The third kappa shape index (κ3) is 1.09. The molecule has 0 atom stereocenters. The fraction of sp³-hybridized carbons (Fsp3) is 0. The number of hydrogen-bond acceptors (Lipinski definition) is 3. The van der Waals surface area contributed by atoms with Crippen molar-refractivity contribution >= 4 is 5.91 Å². The topological polar surface area (TPSA) is 62.5 Å². The van der Waals surface area contributed by atoms with Gasteiger partial charge in [0, 0.05) is 0 Å². The summed E-state index contributed by atoms with van der Waals surface area (Å²) >= 11 is 0. The molecular formula is C5H5NO3. The summed E-state index contributed by atoms with van der Waals surface area (Å²) in [4.78, 5) is 10.4. The van der Waals surface area contributed by atoms with Crippen molar-refractivity contribution in [3.8, 4) is 0 Å². The van der Waals surface area contributed by atoms with Crippen LogP contribution in [0, 0.1) is 0 Å². The Kier molecular flexibility index (Phi) is 1.51. The van der Waals surface area contributed by atoms with Crippen molar-refractivity contribution in [2.45, 2.75) is 0 Å². The van der Waals surface area contributed by atoms with E-state index in [-0.39, 0.29) is 5.76 Å². The van der Waals surface area contributed by atoms with Gasteiger partial charge < -0.3 is 4.42 Å². The Balaban J connectivity index is 2.77. The molecule has 0 saturated carbocycles. The van der Waals surface area contributed by atoms with Gasteiger partial charge in [-0.05, 0) is 12.1 Å². The van der Waals surface area contributed by atoms with Gasteiger partial charge in [0.15, 0.2) is 5.76 Å². The zero-order valence-electron chi connectivity index (χ0n) is 4.50. The Hall–Kier alpha value is -1.29. The van der Waals surface area contributed by atoms with E-state index < -0.39 is 5.91 Å². The molecule has 4 nitrogen and oxygen atoms in total. The Labute approximate surface area is 51.1 Å². The number of hydrogen-bond donors (Lipinski definition) is 2. The van der Waals surface area contributed by atoms with Crippen LogP contribution in [0.1, 0.15) is 10.6 Å². The molecule has 0 spiro atoms. The molecule has 0 aliphatic rings. The molecular weight excluding hydrogens is 122 g/mol. The number of rotatable bonds is 1. The van der Waals surface area contributed by atoms with Gasteiger partial charge in [0.2, 0.25) is 0 Å². The summed E-state index contributed by atoms with van der Waals surface area (Å²) in [6.45, 7) is 0. The van der Waals surface area contributed by atoms with E-state index in [4.69, 9.17) is 5.21 Å². The summed E-state index contributed by atoms with van der Waals surface area (Å²) in [5.74, 6) is -0.544. The lowest BCUT2D eigenvalue weighted by molar-refractivity contribution is 0.0676. The van der Waals surface area contributed by atoms with Gasteiger partial charge in [-0.1, -0.05) is 0 Å². The molecule has 0 saturated heterocycles. The van der Waals surface area contributed by atoms with Crippen molar-refractivity contribution in [2.24, 2.45) is 0 Å². The smallest absolute Gasteiger partial charge is 0.310 e. The Morgan fingerprint density at radius 3 is 3.00 bits per heavy atom. The minimum atomic E-state index is -0.639. The lowest BCUT2D eigenvalue weighted by atomic mass is 10.4. The highest BCUT2D eigenvalue weighted by atomic mass is 16.5. The van der Waals surface area contributed by atoms with Crippen molar-refractivity contribution in [2.75, 3.05) is 0 Å². The van der Waals surface area contributed by atoms with Crippen LogP contribution in [0.3, 0.4) is 0 Å². The summed E-state index contributed by atoms with van der Waals surface area (Å²) < 4.78 is 4.61. The van der Waals surface area contributed by atoms with Crippen LogP contribution in [-0.2, 0) is 0 Å². The normalized spacial score (nSPS) is 9.00. The van der Waals surface area contributed by atoms with E-state index in [1.165, 1.54) is 17.8 Å². The molecule has 1 aromatic heterocycles. The molecule has 48 valence electrons. The molecule has 1 heterocycles. The molecule has 0 fully saturated rings. The van der Waals surface area contributed by atoms with Crippen LogP contribution in [0.4, 0.5) is 0 Å². The minimum absolute atomic E-state index is 0.0949. The molecule has 1 rings (SSSR count). The maximum Gasteiger partial charge on any atom is 0.310 e. The Bertz CT molecular complexity index is 192. The molecule has 0 unspecified atom stereocenters. The third-order valence-electron chi connectivity index (χ3n) is 0.847. The summed E-state index contributed by atoms with van der Waals surface area (Å²) in [6, 6.07) is 3.01. The van der Waals surface area contributed by atoms with Crippen molar-refractivity contribution < 1.29 is 14.4 Å². The fourth-order valence-electron chi connectivity index (χ4n) is 0.463. The van der Waals surface area contributed by atoms with Crippen LogP contribution in [-0.4, -0.2) is 11.1 Å². The van der Waals surface area contributed by atoms with E-state index >= 15 is 0 Å². The van der Waals surface area contributed by atoms with Crippen LogP contribution >= 0.6 is 0 Å². The number of amides is 1. The van der Waals surface area contributed by atoms with Crippen LogP contribution in [0.5, 0.6) is 0 Å². The minimum Gasteiger partial charge on any atom is -0.459 e. The molecule has 9 heavy (non-hydrogen) atoms. The zero-order chi connectivity index (χ0) is 6.69. The zero-order valence-corrected chi connectivity index (χ0v) is 4.50. The van der Waals surface area contributed by atoms with E-state index in [0.717, 1.165) is 0 Å². The lowest BCUT2D eigenvalue weighted by Gasteiger charge is -1.88. The second kappa shape index (κ2) is 2.32. The predicted molar refractivity (Wildman–Crippen MR) is 28.0 cm³/mol. The second-order valence-electron chi connectivity index (χ2n) is 1.42. The fourth-order valence-corrected chi connectivity index (χ4v) is 0.463. The van der Waals surface area contributed by atoms with Gasteiger partial charge in [-0.15, -0.1) is 0 Å². The molecule has 0 aromatic carbocycles. The Morgan fingerprint density at radius 1 is 1.78 bits per heavy atom. The molecule has 0 radical (unpaired) electrons. The standard InChI is InChI=1S/C5H5NO3/c7-5(6-8)4-2-1-3-9-4/h1-3,8H,(H,6,7). The molecule has 1 amide bonds. The highest BCUT2D eigenvalue weighted by molar-refractivity contribution is 5.90. The van der Waals surface area contributed by atoms with E-state index in [1.807, 2.05) is 0 Å². The first-order chi connectivity index (χ1) is 4.34. The van der Waals surface area contributed by atoms with E-state index in [9.17, 15) is 4.79 Å². The molecule has 4 heteroatoms. The van der Waals surface area contributed by atoms with Crippen molar-refractivity contribution in [3.05, 3.63) is 24.2 Å². The number of hydroxylamine groups is 1. The first-order valence-corrected chi connectivity index (χ1v) is 2.32. The molecule has 0 aliphatic heterocycles. The summed E-state index contributed by atoms with van der Waals surface area (Å²) in [7, 11) is 0. The van der Waals surface area contributed by atoms with Crippen molar-refractivity contribution in [1.29, 1.82) is 0 Å². The van der Waals surface area contributed by atoms with E-state index in [1.54, 1.807) is 6.07 Å². The molecule has 1 aromatic rings. The molecule has 2 N–H and O–H groups in total. The lowest BCUT2D eigenvalue weighted by Crippen LogP contribution is -2.17. The number of carbonyl (C=O) groups excluding carboxylic acids is 1. The van der Waals surface area contributed by atoms with Crippen LogP contribution < -0.4 is 5.48 Å². The average molecular weight is 127 g/mol. The monoisotopic (exact) mass is 127 g/mol. The second-order valence-corrected chi connectivity index (χ2v) is 1.42. The van der Waals surface area contributed by atoms with Crippen LogP contribution in [0.15, 0.2) is 22.8 Å². The first kappa shape index (κ1) is 5.84. The summed E-state index contributed by atoms with van der Waals surface area (Å²) in [5.41, 5.74) is 1.43. The van der Waals surface area contributed by atoms with Crippen LogP contribution in [0.25, 0.3) is 0 Å². The first-order valence-electron chi connectivity index (χ1n) is 2.32. The SMILES string of the molecule is O=C(NO)c1ccco1. The highest BCUT2D eigenvalue weighted by Gasteiger charge is 2.04. The summed E-state index contributed by atoms with van der Waals surface area (Å²) in [5, 5.41) is 8.05. The third-order valence-corrected chi connectivity index (χ3v) is 0.847. The van der Waals surface area contributed by atoms with Gasteiger partial charge in [0.25, 0.3) is 0 Å². The largest absolute Gasteiger partial charge is 0.459 e. The highest BCUT2D eigenvalue weighted by Crippen LogP contribution is 1.97. The molecule has 0 aliphatic carbocycles. The van der Waals surface area contributed by atoms with Gasteiger partial charge in [0.1, 0.15) is 0 Å². The predicted octanol–water partition coefficient (Wildman–Crippen LogP) is 0.399. The van der Waals surface area contributed by atoms with E-state index in [2.05, 4.69) is 4.42 Å². The van der Waals surface area contributed by atoms with Gasteiger partial charge >= 0.3 is 5.91 Å². The van der Waals surface area contributed by atoms with Gasteiger partial charge in [0.05, 0.1) is 6.26 Å². The van der Waals surface area contributed by atoms with E-state index in [0.29, 0.717) is 0 Å². The number of nitrogens with one attached hydrogen (secondary N) is 1.